The molecule has 0 bridgehead atoms. The number of carboxylic acids is 1. The number of hydrogen-bond donors (Lipinski definition) is 2. The van der Waals surface area contributed by atoms with Crippen LogP contribution in [-0.4, -0.2) is 21.5 Å². The Morgan fingerprint density at radius 2 is 1.93 bits per heavy atom. The van der Waals surface area contributed by atoms with Gasteiger partial charge in [-0.3, -0.25) is 4.78 Å². The van der Waals surface area contributed by atoms with Crippen LogP contribution in [0.15, 0.2) is 24.3 Å². The molecule has 0 aliphatic heterocycles. The average molecular weight is 213 g/mol. The van der Waals surface area contributed by atoms with Crippen molar-refractivity contribution in [1.29, 1.82) is 4.78 Å². The van der Waals surface area contributed by atoms with Gasteiger partial charge in [-0.2, -0.15) is 0 Å². The highest BCUT2D eigenvalue weighted by atomic mass is 32.2. The van der Waals surface area contributed by atoms with Crippen molar-refractivity contribution in [2.45, 2.75) is 5.75 Å². The van der Waals surface area contributed by atoms with Gasteiger partial charge in [-0.25, -0.2) is 9.00 Å². The molecule has 1 atom stereocenters. The summed E-state index contributed by atoms with van der Waals surface area (Å²) < 4.78 is 18.3. The van der Waals surface area contributed by atoms with Crippen LogP contribution in [0.1, 0.15) is 15.9 Å². The fourth-order valence-corrected chi connectivity index (χ4v) is 1.89. The minimum absolute atomic E-state index is 0.160. The summed E-state index contributed by atoms with van der Waals surface area (Å²) in [5.74, 6) is -0.827. The summed E-state index contributed by atoms with van der Waals surface area (Å²) in [6.45, 7) is 0. The molecule has 4 nitrogen and oxygen atoms in total. The van der Waals surface area contributed by atoms with Crippen molar-refractivity contribution in [3.8, 4) is 0 Å². The molecule has 0 heterocycles. The first kappa shape index (κ1) is 10.7. The maximum absolute atomic E-state index is 11.1. The first-order valence-corrected chi connectivity index (χ1v) is 6.06. The molecule has 0 fully saturated rings. The lowest BCUT2D eigenvalue weighted by atomic mass is 10.1. The second-order valence-corrected chi connectivity index (χ2v) is 5.45. The summed E-state index contributed by atoms with van der Waals surface area (Å²) in [7, 11) is -2.56. The third-order valence-electron chi connectivity index (χ3n) is 1.64. The van der Waals surface area contributed by atoms with E-state index in [1.165, 1.54) is 18.4 Å². The summed E-state index contributed by atoms with van der Waals surface area (Å²) in [4.78, 5) is 10.5. The van der Waals surface area contributed by atoms with Gasteiger partial charge in [0.05, 0.1) is 11.3 Å². The van der Waals surface area contributed by atoms with Gasteiger partial charge in [0.15, 0.2) is 0 Å². The fourth-order valence-electron chi connectivity index (χ4n) is 1.06. The van der Waals surface area contributed by atoms with Crippen molar-refractivity contribution in [3.63, 3.8) is 0 Å². The zero-order chi connectivity index (χ0) is 10.8. The Hall–Kier alpha value is -1.36. The standard InChI is InChI=1S/C9H11NO3S/c1-14(10,13)6-7-2-4-8(5-3-7)9(11)12/h2-5,10H,6H2,1H3,(H,11,12). The molecular weight excluding hydrogens is 202 g/mol. The van der Waals surface area contributed by atoms with Crippen LogP contribution in [0, 0.1) is 4.78 Å². The van der Waals surface area contributed by atoms with Crippen LogP contribution >= 0.6 is 0 Å². The average Bonchev–Trinajstić information content (AvgIpc) is 2.02. The Morgan fingerprint density at radius 3 is 2.29 bits per heavy atom. The lowest BCUT2D eigenvalue weighted by Crippen LogP contribution is -2.00. The Morgan fingerprint density at radius 1 is 1.43 bits per heavy atom. The molecule has 5 heteroatoms. The molecule has 1 aromatic rings. The van der Waals surface area contributed by atoms with Gasteiger partial charge in [0.1, 0.15) is 0 Å². The highest BCUT2D eigenvalue weighted by molar-refractivity contribution is 7.90. The number of aromatic carboxylic acids is 1. The first-order chi connectivity index (χ1) is 6.38. The lowest BCUT2D eigenvalue weighted by molar-refractivity contribution is 0.0697. The minimum atomic E-state index is -2.56. The molecule has 0 saturated heterocycles. The number of carboxylic acid groups (broad SMARTS) is 1. The van der Waals surface area contributed by atoms with Gasteiger partial charge in [-0.1, -0.05) is 12.1 Å². The third kappa shape index (κ3) is 3.18. The highest BCUT2D eigenvalue weighted by Gasteiger charge is 2.04. The fraction of sp³-hybridized carbons (Fsp3) is 0.222. The lowest BCUT2D eigenvalue weighted by Gasteiger charge is -2.01. The van der Waals surface area contributed by atoms with Gasteiger partial charge < -0.3 is 5.11 Å². The van der Waals surface area contributed by atoms with Crippen molar-refractivity contribution in [3.05, 3.63) is 35.4 Å². The molecule has 1 aromatic carbocycles. The molecule has 1 rings (SSSR count). The second-order valence-electron chi connectivity index (χ2n) is 3.15. The molecule has 0 aliphatic carbocycles. The number of carbonyl (C=O) groups is 1. The van der Waals surface area contributed by atoms with Crippen LogP contribution in [-0.2, 0) is 15.5 Å². The maximum Gasteiger partial charge on any atom is 0.335 e. The normalized spacial score (nSPS) is 14.6. The summed E-state index contributed by atoms with van der Waals surface area (Å²) >= 11 is 0. The Balaban J connectivity index is 2.90. The summed E-state index contributed by atoms with van der Waals surface area (Å²) in [6, 6.07) is 6.06. The van der Waals surface area contributed by atoms with Crippen LogP contribution in [0.2, 0.25) is 0 Å². The molecule has 14 heavy (non-hydrogen) atoms. The van der Waals surface area contributed by atoms with E-state index >= 15 is 0 Å². The van der Waals surface area contributed by atoms with Crippen LogP contribution in [0.25, 0.3) is 0 Å². The Kier molecular flexibility index (Phi) is 2.90. The van der Waals surface area contributed by atoms with Crippen molar-refractivity contribution < 1.29 is 14.1 Å². The SMILES string of the molecule is CS(=N)(=O)Cc1ccc(C(=O)O)cc1. The molecule has 0 radical (unpaired) electrons. The smallest absolute Gasteiger partial charge is 0.335 e. The molecule has 0 aliphatic rings. The van der Waals surface area contributed by atoms with Crippen molar-refractivity contribution in [2.24, 2.45) is 0 Å². The van der Waals surface area contributed by atoms with Crippen LogP contribution in [0.5, 0.6) is 0 Å². The monoisotopic (exact) mass is 213 g/mol. The molecule has 1 unspecified atom stereocenters. The Labute approximate surface area is 82.6 Å². The van der Waals surface area contributed by atoms with Gasteiger partial charge in [0.2, 0.25) is 0 Å². The molecule has 0 aromatic heterocycles. The van der Waals surface area contributed by atoms with Gasteiger partial charge in [-0.15, -0.1) is 0 Å². The van der Waals surface area contributed by atoms with Crippen molar-refractivity contribution in [1.82, 2.24) is 0 Å². The largest absolute Gasteiger partial charge is 0.478 e. The quantitative estimate of drug-likeness (QED) is 0.799. The molecule has 0 amide bonds. The van der Waals surface area contributed by atoms with Gasteiger partial charge in [-0.05, 0) is 17.7 Å². The molecular formula is C9H11NO3S. The number of rotatable bonds is 3. The van der Waals surface area contributed by atoms with Crippen molar-refractivity contribution >= 4 is 15.7 Å². The number of nitrogens with one attached hydrogen (secondary N) is 1. The molecule has 0 spiro atoms. The predicted octanol–water partition coefficient (Wildman–Crippen LogP) is 1.56. The summed E-state index contributed by atoms with van der Waals surface area (Å²) in [5.41, 5.74) is 0.916. The molecule has 0 saturated carbocycles. The second kappa shape index (κ2) is 3.79. The maximum atomic E-state index is 11.1. The zero-order valence-corrected chi connectivity index (χ0v) is 8.50. The van der Waals surface area contributed by atoms with Gasteiger partial charge in [0.25, 0.3) is 0 Å². The molecule has 2 N–H and O–H groups in total. The number of benzene rings is 1. The highest BCUT2D eigenvalue weighted by Crippen LogP contribution is 2.07. The van der Waals surface area contributed by atoms with E-state index in [4.69, 9.17) is 9.89 Å². The van der Waals surface area contributed by atoms with E-state index in [0.29, 0.717) is 0 Å². The minimum Gasteiger partial charge on any atom is -0.478 e. The number of hydrogen-bond acceptors (Lipinski definition) is 3. The van der Waals surface area contributed by atoms with E-state index < -0.39 is 15.7 Å². The van der Waals surface area contributed by atoms with E-state index in [9.17, 15) is 9.00 Å². The van der Waals surface area contributed by atoms with Crippen LogP contribution < -0.4 is 0 Å². The van der Waals surface area contributed by atoms with E-state index in [-0.39, 0.29) is 11.3 Å². The molecule has 76 valence electrons. The topological polar surface area (TPSA) is 78.2 Å². The van der Waals surface area contributed by atoms with Gasteiger partial charge in [0, 0.05) is 16.0 Å². The van der Waals surface area contributed by atoms with E-state index in [1.54, 1.807) is 12.1 Å². The third-order valence-corrected chi connectivity index (χ3v) is 2.53. The van der Waals surface area contributed by atoms with Gasteiger partial charge >= 0.3 is 5.97 Å². The zero-order valence-electron chi connectivity index (χ0n) is 7.69. The summed E-state index contributed by atoms with van der Waals surface area (Å²) in [5, 5.41) is 8.61. The summed E-state index contributed by atoms with van der Waals surface area (Å²) in [6.07, 6.45) is 1.36. The van der Waals surface area contributed by atoms with E-state index in [2.05, 4.69) is 0 Å². The Bertz CT molecular complexity index is 434. The van der Waals surface area contributed by atoms with E-state index in [0.717, 1.165) is 5.56 Å². The van der Waals surface area contributed by atoms with E-state index in [1.807, 2.05) is 0 Å². The van der Waals surface area contributed by atoms with Crippen LogP contribution in [0.3, 0.4) is 0 Å². The van der Waals surface area contributed by atoms with Crippen LogP contribution in [0.4, 0.5) is 0 Å². The first-order valence-electron chi connectivity index (χ1n) is 3.92. The predicted molar refractivity (Wildman–Crippen MR) is 53.9 cm³/mol. The van der Waals surface area contributed by atoms with Crippen molar-refractivity contribution in [2.75, 3.05) is 6.26 Å².